The number of rotatable bonds is 5. The minimum Gasteiger partial charge on any atom is -0.497 e. The van der Waals surface area contributed by atoms with Crippen molar-refractivity contribution in [3.63, 3.8) is 0 Å². The zero-order chi connectivity index (χ0) is 15.1. The fourth-order valence-electron chi connectivity index (χ4n) is 2.79. The SMILES string of the molecule is CCC1CCNCC1=NCC1=CCC=C(OC)C=C1OC. The van der Waals surface area contributed by atoms with Crippen molar-refractivity contribution < 1.29 is 9.47 Å². The third kappa shape index (κ3) is 4.21. The van der Waals surface area contributed by atoms with E-state index in [2.05, 4.69) is 24.4 Å². The van der Waals surface area contributed by atoms with Crippen LogP contribution >= 0.6 is 0 Å². The lowest BCUT2D eigenvalue weighted by Crippen LogP contribution is -2.37. The highest BCUT2D eigenvalue weighted by molar-refractivity contribution is 5.89. The van der Waals surface area contributed by atoms with Gasteiger partial charge in [-0.25, -0.2) is 0 Å². The summed E-state index contributed by atoms with van der Waals surface area (Å²) in [5.74, 6) is 2.32. The zero-order valence-electron chi connectivity index (χ0n) is 13.3. The van der Waals surface area contributed by atoms with E-state index in [0.717, 1.165) is 36.6 Å². The van der Waals surface area contributed by atoms with E-state index < -0.39 is 0 Å². The molecule has 4 nitrogen and oxygen atoms in total. The second-order valence-corrected chi connectivity index (χ2v) is 5.37. The molecule has 1 aliphatic heterocycles. The monoisotopic (exact) mass is 290 g/mol. The maximum atomic E-state index is 5.50. The summed E-state index contributed by atoms with van der Waals surface area (Å²) in [5, 5.41) is 3.41. The number of nitrogens with one attached hydrogen (secondary N) is 1. The first-order valence-corrected chi connectivity index (χ1v) is 7.71. The first-order valence-electron chi connectivity index (χ1n) is 7.71. The Labute approximate surface area is 127 Å². The summed E-state index contributed by atoms with van der Waals surface area (Å²) in [6, 6.07) is 0. The Hall–Kier alpha value is -1.55. The molecule has 1 saturated heterocycles. The van der Waals surface area contributed by atoms with Gasteiger partial charge in [-0.3, -0.25) is 4.99 Å². The lowest BCUT2D eigenvalue weighted by molar-refractivity contribution is 0.281. The summed E-state index contributed by atoms with van der Waals surface area (Å²) in [6.45, 7) is 4.94. The molecule has 0 radical (unpaired) electrons. The van der Waals surface area contributed by atoms with E-state index in [-0.39, 0.29) is 0 Å². The number of nitrogens with zero attached hydrogens (tertiary/aromatic N) is 1. The van der Waals surface area contributed by atoms with Crippen molar-refractivity contribution in [3.05, 3.63) is 35.3 Å². The Bertz CT molecular complexity index is 475. The molecule has 0 spiro atoms. The quantitative estimate of drug-likeness (QED) is 0.846. The molecule has 1 heterocycles. The molecular formula is C17H26N2O2. The molecule has 116 valence electrons. The van der Waals surface area contributed by atoms with E-state index in [0.29, 0.717) is 12.5 Å². The lowest BCUT2D eigenvalue weighted by atomic mass is 9.93. The Morgan fingerprint density at radius 1 is 1.29 bits per heavy atom. The largest absolute Gasteiger partial charge is 0.497 e. The summed E-state index contributed by atoms with van der Waals surface area (Å²) >= 11 is 0. The van der Waals surface area contributed by atoms with Gasteiger partial charge in [0.1, 0.15) is 11.5 Å². The van der Waals surface area contributed by atoms with Crippen molar-refractivity contribution in [2.45, 2.75) is 26.2 Å². The molecule has 21 heavy (non-hydrogen) atoms. The Morgan fingerprint density at radius 2 is 2.14 bits per heavy atom. The van der Waals surface area contributed by atoms with Crippen LogP contribution in [-0.4, -0.2) is 39.6 Å². The van der Waals surface area contributed by atoms with Crippen LogP contribution in [0.15, 0.2) is 40.3 Å². The van der Waals surface area contributed by atoms with Crippen LogP contribution in [0.1, 0.15) is 26.2 Å². The molecule has 1 fully saturated rings. The van der Waals surface area contributed by atoms with Crippen LogP contribution in [0.25, 0.3) is 0 Å². The van der Waals surface area contributed by atoms with Crippen LogP contribution in [0.3, 0.4) is 0 Å². The molecule has 0 aromatic carbocycles. The van der Waals surface area contributed by atoms with Crippen molar-refractivity contribution in [1.82, 2.24) is 5.32 Å². The van der Waals surface area contributed by atoms with Crippen LogP contribution in [0.5, 0.6) is 0 Å². The van der Waals surface area contributed by atoms with Gasteiger partial charge in [-0.1, -0.05) is 13.0 Å². The van der Waals surface area contributed by atoms with Gasteiger partial charge in [-0.15, -0.1) is 0 Å². The second kappa shape index (κ2) is 8.03. The smallest absolute Gasteiger partial charge is 0.127 e. The fraction of sp³-hybridized carbons (Fsp3) is 0.588. The van der Waals surface area contributed by atoms with Crippen LogP contribution in [0, 0.1) is 5.92 Å². The fourth-order valence-corrected chi connectivity index (χ4v) is 2.79. The lowest BCUT2D eigenvalue weighted by Gasteiger charge is -2.24. The van der Waals surface area contributed by atoms with E-state index in [1.165, 1.54) is 18.6 Å². The molecule has 0 amide bonds. The average molecular weight is 290 g/mol. The highest BCUT2D eigenvalue weighted by atomic mass is 16.5. The molecule has 0 saturated carbocycles. The van der Waals surface area contributed by atoms with E-state index in [4.69, 9.17) is 14.5 Å². The third-order valence-corrected chi connectivity index (χ3v) is 4.12. The van der Waals surface area contributed by atoms with Gasteiger partial charge in [0, 0.05) is 23.9 Å². The van der Waals surface area contributed by atoms with Gasteiger partial charge in [0.05, 0.1) is 20.8 Å². The Kier molecular flexibility index (Phi) is 6.05. The predicted octanol–water partition coefficient (Wildman–Crippen LogP) is 2.84. The Morgan fingerprint density at radius 3 is 2.86 bits per heavy atom. The molecule has 0 bridgehead atoms. The molecule has 0 aromatic heterocycles. The maximum Gasteiger partial charge on any atom is 0.127 e. The number of methoxy groups -OCH3 is 2. The number of allylic oxidation sites excluding steroid dienone is 3. The predicted molar refractivity (Wildman–Crippen MR) is 86.5 cm³/mol. The number of hydrogen-bond acceptors (Lipinski definition) is 4. The minimum absolute atomic E-state index is 0.625. The van der Waals surface area contributed by atoms with Crippen LogP contribution in [0.2, 0.25) is 0 Å². The van der Waals surface area contributed by atoms with Crippen LogP contribution in [0.4, 0.5) is 0 Å². The number of hydrogen-bond donors (Lipinski definition) is 1. The van der Waals surface area contributed by atoms with Gasteiger partial charge in [-0.05, 0) is 37.8 Å². The Balaban J connectivity index is 2.09. The number of ether oxygens (including phenoxy) is 2. The average Bonchev–Trinajstić information content (AvgIpc) is 2.74. The van der Waals surface area contributed by atoms with Crippen LogP contribution < -0.4 is 5.32 Å². The number of aliphatic imine (C=N–C) groups is 1. The summed E-state index contributed by atoms with van der Waals surface area (Å²) in [6.07, 6.45) is 9.37. The van der Waals surface area contributed by atoms with Crippen molar-refractivity contribution in [3.8, 4) is 0 Å². The molecule has 1 atom stereocenters. The standard InChI is InChI=1S/C17H26N2O2/c1-4-13-8-9-18-12-16(13)19-11-14-6-5-7-15(20-2)10-17(14)21-3/h6-7,10,13,18H,4-5,8-9,11-12H2,1-3H3. The molecule has 2 rings (SSSR count). The first kappa shape index (κ1) is 15.8. The van der Waals surface area contributed by atoms with Crippen molar-refractivity contribution in [1.29, 1.82) is 0 Å². The minimum atomic E-state index is 0.625. The number of piperidine rings is 1. The van der Waals surface area contributed by atoms with E-state index in [1.54, 1.807) is 14.2 Å². The van der Waals surface area contributed by atoms with Gasteiger partial charge in [0.25, 0.3) is 0 Å². The molecular weight excluding hydrogens is 264 g/mol. The summed E-state index contributed by atoms with van der Waals surface area (Å²) in [5.41, 5.74) is 2.43. The highest BCUT2D eigenvalue weighted by Gasteiger charge is 2.18. The zero-order valence-corrected chi connectivity index (χ0v) is 13.3. The van der Waals surface area contributed by atoms with Gasteiger partial charge >= 0.3 is 0 Å². The van der Waals surface area contributed by atoms with Crippen molar-refractivity contribution >= 4 is 5.71 Å². The highest BCUT2D eigenvalue weighted by Crippen LogP contribution is 2.21. The topological polar surface area (TPSA) is 42.9 Å². The van der Waals surface area contributed by atoms with E-state index in [1.807, 2.05) is 6.08 Å². The van der Waals surface area contributed by atoms with E-state index >= 15 is 0 Å². The van der Waals surface area contributed by atoms with Gasteiger partial charge in [0.15, 0.2) is 0 Å². The molecule has 0 aromatic rings. The molecule has 1 aliphatic carbocycles. The van der Waals surface area contributed by atoms with Gasteiger partial charge in [0.2, 0.25) is 0 Å². The summed E-state index contributed by atoms with van der Waals surface area (Å²) in [4.78, 5) is 4.85. The third-order valence-electron chi connectivity index (χ3n) is 4.12. The second-order valence-electron chi connectivity index (χ2n) is 5.37. The van der Waals surface area contributed by atoms with Crippen molar-refractivity contribution in [2.75, 3.05) is 33.9 Å². The summed E-state index contributed by atoms with van der Waals surface area (Å²) in [7, 11) is 3.38. The molecule has 1 unspecified atom stereocenters. The maximum absolute atomic E-state index is 5.50. The normalized spacial score (nSPS) is 24.8. The van der Waals surface area contributed by atoms with Gasteiger partial charge in [-0.2, -0.15) is 0 Å². The molecule has 4 heteroatoms. The first-order chi connectivity index (χ1) is 10.3. The molecule has 1 N–H and O–H groups in total. The molecule has 2 aliphatic rings. The van der Waals surface area contributed by atoms with Crippen molar-refractivity contribution in [2.24, 2.45) is 10.9 Å². The van der Waals surface area contributed by atoms with Crippen LogP contribution in [-0.2, 0) is 9.47 Å². The van der Waals surface area contributed by atoms with Gasteiger partial charge < -0.3 is 14.8 Å². The summed E-state index contributed by atoms with van der Waals surface area (Å²) < 4.78 is 10.8. The van der Waals surface area contributed by atoms with E-state index in [9.17, 15) is 0 Å².